The molecule has 0 fully saturated rings. The van der Waals surface area contributed by atoms with Gasteiger partial charge >= 0.3 is 0 Å². The van der Waals surface area contributed by atoms with Gasteiger partial charge in [0, 0.05) is 34.6 Å². The van der Waals surface area contributed by atoms with Gasteiger partial charge in [0.1, 0.15) is 11.5 Å². The van der Waals surface area contributed by atoms with Crippen LogP contribution in [0.5, 0.6) is 17.4 Å². The Hall–Kier alpha value is -2.71. The molecule has 0 aliphatic rings. The van der Waals surface area contributed by atoms with Gasteiger partial charge in [-0.2, -0.15) is 0 Å². The molecule has 0 saturated carbocycles. The monoisotopic (exact) mass is 330 g/mol. The van der Waals surface area contributed by atoms with Crippen molar-refractivity contribution in [3.05, 3.63) is 48.8 Å². The highest BCUT2D eigenvalue weighted by Gasteiger charge is 2.07. The number of nitrogens with one attached hydrogen (secondary N) is 1. The van der Waals surface area contributed by atoms with E-state index in [2.05, 4.69) is 14.7 Å². The van der Waals surface area contributed by atoms with Crippen LogP contribution >= 0.6 is 0 Å². The Balaban J connectivity index is 1.90. The van der Waals surface area contributed by atoms with Gasteiger partial charge in [0.2, 0.25) is 5.88 Å². The van der Waals surface area contributed by atoms with Gasteiger partial charge in [-0.25, -0.2) is 4.98 Å². The number of ether oxygens (including phenoxy) is 2. The summed E-state index contributed by atoms with van der Waals surface area (Å²) in [5.41, 5.74) is 1.14. The lowest BCUT2D eigenvalue weighted by molar-refractivity contribution is 0.398. The van der Waals surface area contributed by atoms with Gasteiger partial charge in [-0.1, -0.05) is 0 Å². The minimum absolute atomic E-state index is 0.455. The summed E-state index contributed by atoms with van der Waals surface area (Å²) in [6, 6.07) is 10.0. The third kappa shape index (κ3) is 3.55. The number of fused-ring (bicyclic) bond motifs is 1. The van der Waals surface area contributed by atoms with Crippen LogP contribution in [0.1, 0.15) is 0 Å². The molecule has 0 aliphatic heterocycles. The molecular weight excluding hydrogens is 318 g/mol. The topological polar surface area (TPSA) is 96.4 Å². The zero-order valence-corrected chi connectivity index (χ0v) is 12.9. The molecule has 3 aromatic rings. The summed E-state index contributed by atoms with van der Waals surface area (Å²) >= 11 is -2.35. The summed E-state index contributed by atoms with van der Waals surface area (Å²) in [5, 5.41) is 0.766. The third-order valence-corrected chi connectivity index (χ3v) is 3.46. The quantitative estimate of drug-likeness (QED) is 0.722. The maximum absolute atomic E-state index is 10.6. The number of methoxy groups -OCH3 is 1. The molecule has 2 heterocycles. The van der Waals surface area contributed by atoms with Crippen molar-refractivity contribution < 1.29 is 18.2 Å². The predicted octanol–water partition coefficient (Wildman–Crippen LogP) is 2.64. The molecule has 0 saturated heterocycles. The summed E-state index contributed by atoms with van der Waals surface area (Å²) in [4.78, 5) is 8.33. The Kier molecular flexibility index (Phi) is 4.35. The van der Waals surface area contributed by atoms with Crippen molar-refractivity contribution >= 4 is 27.9 Å². The highest BCUT2D eigenvalue weighted by Crippen LogP contribution is 2.30. The number of benzene rings is 1. The van der Waals surface area contributed by atoms with Crippen molar-refractivity contribution in [1.29, 1.82) is 0 Å². The van der Waals surface area contributed by atoms with E-state index >= 15 is 0 Å². The molecule has 0 radical (unpaired) electrons. The Morgan fingerprint density at radius 2 is 1.96 bits per heavy atom. The molecule has 0 amide bonds. The van der Waals surface area contributed by atoms with Crippen molar-refractivity contribution in [2.24, 2.45) is 0 Å². The van der Waals surface area contributed by atoms with Crippen molar-refractivity contribution in [2.75, 3.05) is 11.8 Å². The summed E-state index contributed by atoms with van der Waals surface area (Å²) in [5.74, 6) is 1.63. The molecule has 1 atom stereocenters. The SMILES string of the molecule is COc1cc2c(Oc3ccc(NS(=O)[O-])cc3)ccnc2cn1. The van der Waals surface area contributed by atoms with E-state index in [1.165, 1.54) is 7.11 Å². The highest BCUT2D eigenvalue weighted by molar-refractivity contribution is 7.80. The van der Waals surface area contributed by atoms with Crippen molar-refractivity contribution in [1.82, 2.24) is 9.97 Å². The Morgan fingerprint density at radius 1 is 1.17 bits per heavy atom. The van der Waals surface area contributed by atoms with Gasteiger partial charge in [0.25, 0.3) is 0 Å². The lowest BCUT2D eigenvalue weighted by Gasteiger charge is -2.11. The molecule has 8 heteroatoms. The second-order valence-electron chi connectivity index (χ2n) is 4.52. The van der Waals surface area contributed by atoms with Crippen LogP contribution < -0.4 is 14.2 Å². The van der Waals surface area contributed by atoms with Crippen LogP contribution in [0.3, 0.4) is 0 Å². The van der Waals surface area contributed by atoms with Crippen LogP contribution in [-0.2, 0) is 11.3 Å². The molecule has 2 aromatic heterocycles. The molecule has 0 spiro atoms. The molecule has 3 rings (SSSR count). The second-order valence-corrected chi connectivity index (χ2v) is 5.19. The molecule has 1 unspecified atom stereocenters. The summed E-state index contributed by atoms with van der Waals surface area (Å²) in [6.07, 6.45) is 3.24. The number of aromatic nitrogens is 2. The third-order valence-electron chi connectivity index (χ3n) is 3.06. The molecular formula is C15H12N3O4S-. The maximum atomic E-state index is 10.6. The fourth-order valence-electron chi connectivity index (χ4n) is 2.02. The summed E-state index contributed by atoms with van der Waals surface area (Å²) < 4.78 is 34.4. The number of anilines is 1. The van der Waals surface area contributed by atoms with E-state index in [0.717, 1.165) is 5.39 Å². The molecule has 23 heavy (non-hydrogen) atoms. The molecule has 0 bridgehead atoms. The number of pyridine rings is 2. The van der Waals surface area contributed by atoms with Crippen molar-refractivity contribution in [3.63, 3.8) is 0 Å². The smallest absolute Gasteiger partial charge is 0.213 e. The minimum atomic E-state index is -2.35. The predicted molar refractivity (Wildman–Crippen MR) is 85.1 cm³/mol. The van der Waals surface area contributed by atoms with Crippen LogP contribution in [0.4, 0.5) is 5.69 Å². The zero-order valence-electron chi connectivity index (χ0n) is 12.1. The molecule has 7 nitrogen and oxygen atoms in total. The largest absolute Gasteiger partial charge is 0.755 e. The van der Waals surface area contributed by atoms with E-state index in [-0.39, 0.29) is 0 Å². The van der Waals surface area contributed by atoms with Crippen LogP contribution in [0, 0.1) is 0 Å². The maximum Gasteiger partial charge on any atom is 0.213 e. The van der Waals surface area contributed by atoms with Crippen molar-refractivity contribution in [3.8, 4) is 17.4 Å². The van der Waals surface area contributed by atoms with Gasteiger partial charge in [-0.15, -0.1) is 0 Å². The van der Waals surface area contributed by atoms with E-state index in [1.54, 1.807) is 48.8 Å². The first-order valence-corrected chi connectivity index (χ1v) is 7.66. The normalized spacial score (nSPS) is 11.9. The first-order valence-electron chi connectivity index (χ1n) is 6.58. The fraction of sp³-hybridized carbons (Fsp3) is 0.0667. The van der Waals surface area contributed by atoms with E-state index in [0.29, 0.717) is 28.6 Å². The Morgan fingerprint density at radius 3 is 2.65 bits per heavy atom. The second kappa shape index (κ2) is 6.59. The van der Waals surface area contributed by atoms with E-state index < -0.39 is 11.3 Å². The molecule has 1 N–H and O–H groups in total. The van der Waals surface area contributed by atoms with Gasteiger partial charge in [0.15, 0.2) is 0 Å². The Labute approximate surface area is 134 Å². The highest BCUT2D eigenvalue weighted by atomic mass is 32.2. The van der Waals surface area contributed by atoms with Crippen LogP contribution in [0.15, 0.2) is 48.8 Å². The van der Waals surface area contributed by atoms with E-state index in [4.69, 9.17) is 9.47 Å². The van der Waals surface area contributed by atoms with Gasteiger partial charge in [-0.05, 0) is 30.3 Å². The number of hydrogen-bond acceptors (Lipinski definition) is 6. The van der Waals surface area contributed by atoms with Crippen LogP contribution in [0.25, 0.3) is 10.9 Å². The van der Waals surface area contributed by atoms with E-state index in [1.807, 2.05) is 0 Å². The zero-order chi connectivity index (χ0) is 16.2. The molecule has 118 valence electrons. The average molecular weight is 330 g/mol. The van der Waals surface area contributed by atoms with E-state index in [9.17, 15) is 8.76 Å². The number of nitrogens with zero attached hydrogens (tertiary/aromatic N) is 2. The van der Waals surface area contributed by atoms with Crippen molar-refractivity contribution in [2.45, 2.75) is 0 Å². The summed E-state index contributed by atoms with van der Waals surface area (Å²) in [7, 11) is 1.54. The fourth-order valence-corrected chi connectivity index (χ4v) is 2.35. The standard InChI is InChI=1S/C15H13N3O4S/c1-21-15-8-12-13(9-17-15)16-7-6-14(12)22-11-4-2-10(3-5-11)18-23(19)20/h2-9,18H,1H3,(H,19,20)/p-1. The van der Waals surface area contributed by atoms with Gasteiger partial charge in [-0.3, -0.25) is 9.19 Å². The summed E-state index contributed by atoms with van der Waals surface area (Å²) in [6.45, 7) is 0. The molecule has 0 aliphatic carbocycles. The first kappa shape index (κ1) is 15.2. The number of hydrogen-bond donors (Lipinski definition) is 1. The minimum Gasteiger partial charge on any atom is -0.755 e. The Bertz CT molecular complexity index is 855. The van der Waals surface area contributed by atoms with Crippen LogP contribution in [-0.4, -0.2) is 25.8 Å². The van der Waals surface area contributed by atoms with Gasteiger partial charge < -0.3 is 18.7 Å². The average Bonchev–Trinajstić information content (AvgIpc) is 2.56. The van der Waals surface area contributed by atoms with Crippen LogP contribution in [0.2, 0.25) is 0 Å². The molecule has 1 aromatic carbocycles. The number of rotatable bonds is 5. The van der Waals surface area contributed by atoms with Gasteiger partial charge in [0.05, 0.1) is 18.8 Å². The first-order chi connectivity index (χ1) is 11.2. The lowest BCUT2D eigenvalue weighted by Crippen LogP contribution is -2.01. The lowest BCUT2D eigenvalue weighted by atomic mass is 10.2.